The summed E-state index contributed by atoms with van der Waals surface area (Å²) in [6, 6.07) is 16.4. The minimum absolute atomic E-state index is 0.162. The van der Waals surface area contributed by atoms with Gasteiger partial charge in [-0.3, -0.25) is 4.79 Å². The van der Waals surface area contributed by atoms with E-state index in [1.165, 1.54) is 13.0 Å². The Labute approximate surface area is 176 Å². The molecule has 0 aliphatic rings. The fourth-order valence-electron chi connectivity index (χ4n) is 3.76. The summed E-state index contributed by atoms with van der Waals surface area (Å²) in [5.74, 6) is -0.595. The van der Waals surface area contributed by atoms with Crippen LogP contribution in [0.4, 0.5) is 0 Å². The number of hydrogen-bond acceptors (Lipinski definition) is 5. The van der Waals surface area contributed by atoms with Gasteiger partial charge in [0.05, 0.1) is 6.10 Å². The highest BCUT2D eigenvalue weighted by atomic mass is 16.7. The molecule has 1 aromatic heterocycles. The van der Waals surface area contributed by atoms with Crippen LogP contribution < -0.4 is 15.7 Å². The van der Waals surface area contributed by atoms with Crippen LogP contribution in [0.5, 0.6) is 0 Å². The van der Waals surface area contributed by atoms with Gasteiger partial charge in [0.15, 0.2) is 0 Å². The third-order valence-corrected chi connectivity index (χ3v) is 5.04. The summed E-state index contributed by atoms with van der Waals surface area (Å²) < 4.78 is 1.02. The molecule has 3 aromatic rings. The van der Waals surface area contributed by atoms with Crippen LogP contribution in [-0.4, -0.2) is 27.9 Å². The van der Waals surface area contributed by atoms with E-state index in [1.54, 1.807) is 6.07 Å². The second-order valence-electron chi connectivity index (χ2n) is 7.66. The highest BCUT2D eigenvalue weighted by Gasteiger charge is 2.24. The number of fused-ring (bicyclic) bond motifs is 1. The van der Waals surface area contributed by atoms with Gasteiger partial charge in [0.25, 0.3) is 5.56 Å². The van der Waals surface area contributed by atoms with Gasteiger partial charge in [-0.1, -0.05) is 63.2 Å². The third-order valence-electron chi connectivity index (χ3n) is 5.04. The lowest BCUT2D eigenvalue weighted by Crippen LogP contribution is -2.39. The Balaban J connectivity index is 2.30. The van der Waals surface area contributed by atoms with E-state index in [0.717, 1.165) is 22.3 Å². The number of carbonyl (C=O) groups excluding carboxylic acids is 1. The van der Waals surface area contributed by atoms with Gasteiger partial charge in [-0.15, -0.1) is 4.73 Å². The molecule has 2 unspecified atom stereocenters. The molecule has 0 aliphatic heterocycles. The standard InChI is InChI=1S/C24H28N2O4/c1-5-21(25-15(2)3)24(29)20-12-11-18(17-9-7-6-8-10-17)23-19(20)13-14-22(28)26(23)30-16(4)27/h6-15,21,24-25,29H,5H2,1-4H3. The lowest BCUT2D eigenvalue weighted by molar-refractivity contribution is -0.141. The number of carbonyl (C=O) groups is 1. The molecule has 2 atom stereocenters. The summed E-state index contributed by atoms with van der Waals surface area (Å²) in [5.41, 5.74) is 2.30. The SMILES string of the molecule is CCC(NC(C)C)C(O)c1ccc(-c2ccccc2)c2c1ccc(=O)n2OC(C)=O. The van der Waals surface area contributed by atoms with Crippen molar-refractivity contribution in [3.05, 3.63) is 70.5 Å². The summed E-state index contributed by atoms with van der Waals surface area (Å²) >= 11 is 0. The van der Waals surface area contributed by atoms with Crippen molar-refractivity contribution < 1.29 is 14.7 Å². The molecule has 0 radical (unpaired) electrons. The zero-order valence-electron chi connectivity index (χ0n) is 17.8. The first-order valence-corrected chi connectivity index (χ1v) is 10.2. The maximum absolute atomic E-state index is 12.6. The quantitative estimate of drug-likeness (QED) is 0.626. The predicted molar refractivity (Wildman–Crippen MR) is 118 cm³/mol. The molecule has 3 rings (SSSR count). The van der Waals surface area contributed by atoms with Gasteiger partial charge in [-0.05, 0) is 23.6 Å². The minimum Gasteiger partial charge on any atom is -0.387 e. The van der Waals surface area contributed by atoms with E-state index in [0.29, 0.717) is 16.5 Å². The maximum Gasteiger partial charge on any atom is 0.330 e. The van der Waals surface area contributed by atoms with E-state index in [1.807, 2.05) is 63.2 Å². The number of aromatic nitrogens is 1. The van der Waals surface area contributed by atoms with Gasteiger partial charge in [-0.2, -0.15) is 0 Å². The van der Waals surface area contributed by atoms with Gasteiger partial charge < -0.3 is 15.3 Å². The molecule has 158 valence electrons. The zero-order valence-corrected chi connectivity index (χ0v) is 17.8. The number of pyridine rings is 1. The summed E-state index contributed by atoms with van der Waals surface area (Å²) in [6.45, 7) is 7.33. The molecule has 0 saturated carbocycles. The Bertz CT molecular complexity index is 1090. The van der Waals surface area contributed by atoms with Crippen molar-refractivity contribution in [2.45, 2.75) is 52.3 Å². The number of nitrogens with zero attached hydrogens (tertiary/aromatic N) is 1. The van der Waals surface area contributed by atoms with Crippen molar-refractivity contribution >= 4 is 16.9 Å². The van der Waals surface area contributed by atoms with Crippen LogP contribution in [0.15, 0.2) is 59.4 Å². The van der Waals surface area contributed by atoms with Crippen LogP contribution in [0.25, 0.3) is 22.0 Å². The summed E-state index contributed by atoms with van der Waals surface area (Å²) in [6.07, 6.45) is -0.0711. The first kappa shape index (κ1) is 21.7. The topological polar surface area (TPSA) is 80.6 Å². The van der Waals surface area contributed by atoms with E-state index >= 15 is 0 Å². The number of benzene rings is 2. The number of aliphatic hydroxyl groups is 1. The van der Waals surface area contributed by atoms with Gasteiger partial charge >= 0.3 is 5.97 Å². The molecular weight excluding hydrogens is 380 g/mol. The van der Waals surface area contributed by atoms with Crippen LogP contribution >= 0.6 is 0 Å². The van der Waals surface area contributed by atoms with Gasteiger partial charge in [-0.25, -0.2) is 4.79 Å². The van der Waals surface area contributed by atoms with Crippen LogP contribution in [-0.2, 0) is 4.79 Å². The van der Waals surface area contributed by atoms with Crippen molar-refractivity contribution in [2.75, 3.05) is 0 Å². The van der Waals surface area contributed by atoms with E-state index in [2.05, 4.69) is 5.32 Å². The van der Waals surface area contributed by atoms with Crippen LogP contribution in [0.3, 0.4) is 0 Å². The Hall–Kier alpha value is -2.96. The average molecular weight is 408 g/mol. The fourth-order valence-corrected chi connectivity index (χ4v) is 3.76. The van der Waals surface area contributed by atoms with Crippen molar-refractivity contribution in [1.29, 1.82) is 0 Å². The smallest absolute Gasteiger partial charge is 0.330 e. The lowest BCUT2D eigenvalue weighted by Gasteiger charge is -2.27. The molecule has 0 bridgehead atoms. The van der Waals surface area contributed by atoms with Crippen LogP contribution in [0.2, 0.25) is 0 Å². The van der Waals surface area contributed by atoms with Gasteiger partial charge in [0.1, 0.15) is 5.52 Å². The van der Waals surface area contributed by atoms with E-state index in [9.17, 15) is 14.7 Å². The van der Waals surface area contributed by atoms with Crippen molar-refractivity contribution in [3.8, 4) is 11.1 Å². The van der Waals surface area contributed by atoms with Crippen molar-refractivity contribution in [2.24, 2.45) is 0 Å². The Morgan fingerprint density at radius 2 is 1.80 bits per heavy atom. The zero-order chi connectivity index (χ0) is 21.8. The van der Waals surface area contributed by atoms with Crippen molar-refractivity contribution in [1.82, 2.24) is 10.0 Å². The monoisotopic (exact) mass is 408 g/mol. The molecule has 2 aromatic carbocycles. The van der Waals surface area contributed by atoms with Crippen LogP contribution in [0, 0.1) is 0 Å². The van der Waals surface area contributed by atoms with E-state index < -0.39 is 17.6 Å². The lowest BCUT2D eigenvalue weighted by atomic mass is 9.92. The minimum atomic E-state index is -0.798. The molecule has 0 aliphatic carbocycles. The first-order valence-electron chi connectivity index (χ1n) is 10.2. The van der Waals surface area contributed by atoms with E-state index in [4.69, 9.17) is 4.84 Å². The molecule has 6 nitrogen and oxygen atoms in total. The van der Waals surface area contributed by atoms with Gasteiger partial charge in [0.2, 0.25) is 0 Å². The Morgan fingerprint density at radius 3 is 2.40 bits per heavy atom. The third kappa shape index (κ3) is 4.45. The highest BCUT2D eigenvalue weighted by Crippen LogP contribution is 2.34. The molecule has 0 saturated heterocycles. The Morgan fingerprint density at radius 1 is 1.10 bits per heavy atom. The van der Waals surface area contributed by atoms with Crippen LogP contribution in [0.1, 0.15) is 45.8 Å². The Kier molecular flexibility index (Phi) is 6.70. The second kappa shape index (κ2) is 9.24. The fraction of sp³-hybridized carbons (Fsp3) is 0.333. The molecule has 2 N–H and O–H groups in total. The predicted octanol–water partition coefficient (Wildman–Crippen LogP) is 3.45. The summed E-state index contributed by atoms with van der Waals surface area (Å²) in [7, 11) is 0. The summed E-state index contributed by atoms with van der Waals surface area (Å²) in [4.78, 5) is 29.6. The molecule has 6 heteroatoms. The van der Waals surface area contributed by atoms with Crippen molar-refractivity contribution in [3.63, 3.8) is 0 Å². The average Bonchev–Trinajstić information content (AvgIpc) is 2.73. The molecular formula is C24H28N2O4. The van der Waals surface area contributed by atoms with E-state index in [-0.39, 0.29) is 12.1 Å². The normalized spacial score (nSPS) is 13.4. The van der Waals surface area contributed by atoms with Gasteiger partial charge in [0, 0.05) is 36.0 Å². The number of aliphatic hydroxyl groups excluding tert-OH is 1. The molecule has 0 spiro atoms. The highest BCUT2D eigenvalue weighted by molar-refractivity contribution is 5.96. The molecule has 30 heavy (non-hydrogen) atoms. The molecule has 0 amide bonds. The largest absolute Gasteiger partial charge is 0.387 e. The number of rotatable bonds is 7. The summed E-state index contributed by atoms with van der Waals surface area (Å²) in [5, 5.41) is 15.2. The molecule has 0 fully saturated rings. The number of hydrogen-bond donors (Lipinski definition) is 2. The first-order chi connectivity index (χ1) is 14.3. The number of nitrogens with one attached hydrogen (secondary N) is 1. The molecule has 1 heterocycles. The maximum atomic E-state index is 12.6. The second-order valence-corrected chi connectivity index (χ2v) is 7.66.